The molecule has 53 valence electrons. The van der Waals surface area contributed by atoms with Gasteiger partial charge in [0, 0.05) is 0 Å². The summed E-state index contributed by atoms with van der Waals surface area (Å²) >= 11 is 0. The number of hydrogen-bond donors (Lipinski definition) is 0. The van der Waals surface area contributed by atoms with Crippen molar-refractivity contribution in [2.24, 2.45) is 0 Å². The minimum absolute atomic E-state index is 0.0124. The van der Waals surface area contributed by atoms with Gasteiger partial charge < -0.3 is 9.47 Å². The molecular formula is C6H11O3. The Morgan fingerprint density at radius 2 is 2.33 bits per heavy atom. The molecule has 3 heteroatoms. The second-order valence-corrected chi connectivity index (χ2v) is 1.73. The summed E-state index contributed by atoms with van der Waals surface area (Å²) in [4.78, 5) is 9.45. The van der Waals surface area contributed by atoms with Gasteiger partial charge in [-0.25, -0.2) is 4.79 Å². The molecule has 1 radical (unpaired) electrons. The van der Waals surface area contributed by atoms with Gasteiger partial charge in [0.05, 0.1) is 6.10 Å². The first-order chi connectivity index (χ1) is 4.31. The van der Waals surface area contributed by atoms with Gasteiger partial charge in [0.25, 0.3) is 0 Å². The molecule has 0 spiro atoms. The lowest BCUT2D eigenvalue weighted by atomic mass is 10.3. The number of carbonyl (C=O) groups excluding carboxylic acids is 1. The fraction of sp³-hybridized carbons (Fsp3) is 0.833. The Morgan fingerprint density at radius 1 is 1.67 bits per heavy atom. The second kappa shape index (κ2) is 5.56. The normalized spacial score (nSPS) is 12.7. The lowest BCUT2D eigenvalue weighted by Crippen LogP contribution is -2.08. The number of ether oxygens (including phenoxy) is 2. The van der Waals surface area contributed by atoms with Crippen LogP contribution in [0.4, 0.5) is 0 Å². The smallest absolute Gasteiger partial charge is 0.419 e. The molecule has 0 fully saturated rings. The maximum absolute atomic E-state index is 9.45. The lowest BCUT2D eigenvalue weighted by molar-refractivity contribution is -0.0364. The molecule has 0 aromatic carbocycles. The SMILES string of the molecule is CCC(C)OCO[C]=O. The Balaban J connectivity index is 2.96. The van der Waals surface area contributed by atoms with Crippen molar-refractivity contribution in [3.05, 3.63) is 0 Å². The average molecular weight is 131 g/mol. The molecule has 0 aromatic rings. The first kappa shape index (κ1) is 8.43. The largest absolute Gasteiger partial charge is 0.430 e. The zero-order valence-electron chi connectivity index (χ0n) is 5.72. The van der Waals surface area contributed by atoms with E-state index in [1.165, 1.54) is 6.47 Å². The standard InChI is InChI=1S/C6H11O3/c1-3-6(2)9-5-8-4-7/h6H,3,5H2,1-2H3. The van der Waals surface area contributed by atoms with Crippen LogP contribution in [0.2, 0.25) is 0 Å². The van der Waals surface area contributed by atoms with Gasteiger partial charge in [0.2, 0.25) is 0 Å². The van der Waals surface area contributed by atoms with Gasteiger partial charge in [-0.3, -0.25) is 0 Å². The van der Waals surface area contributed by atoms with Gasteiger partial charge >= 0.3 is 6.47 Å². The topological polar surface area (TPSA) is 35.5 Å². The monoisotopic (exact) mass is 131 g/mol. The van der Waals surface area contributed by atoms with Crippen LogP contribution in [0.1, 0.15) is 20.3 Å². The quantitative estimate of drug-likeness (QED) is 0.409. The Labute approximate surface area is 55.0 Å². The van der Waals surface area contributed by atoms with Crippen molar-refractivity contribution >= 4 is 6.47 Å². The zero-order valence-corrected chi connectivity index (χ0v) is 5.72. The molecule has 0 aliphatic heterocycles. The van der Waals surface area contributed by atoms with Gasteiger partial charge in [0.1, 0.15) is 0 Å². The van der Waals surface area contributed by atoms with Crippen LogP contribution in [-0.2, 0) is 14.3 Å². The molecule has 0 aliphatic rings. The van der Waals surface area contributed by atoms with E-state index in [2.05, 4.69) is 4.74 Å². The first-order valence-corrected chi connectivity index (χ1v) is 2.91. The van der Waals surface area contributed by atoms with E-state index in [-0.39, 0.29) is 12.9 Å². The summed E-state index contributed by atoms with van der Waals surface area (Å²) in [6.07, 6.45) is 1.07. The fourth-order valence-electron chi connectivity index (χ4n) is 0.292. The van der Waals surface area contributed by atoms with Crippen LogP contribution in [0.3, 0.4) is 0 Å². The number of hydrogen-bond acceptors (Lipinski definition) is 3. The molecule has 0 N–H and O–H groups in total. The molecule has 1 atom stereocenters. The highest BCUT2D eigenvalue weighted by Gasteiger charge is 1.95. The molecule has 0 aliphatic carbocycles. The van der Waals surface area contributed by atoms with E-state index in [4.69, 9.17) is 4.74 Å². The predicted octanol–water partition coefficient (Wildman–Crippen LogP) is 0.843. The summed E-state index contributed by atoms with van der Waals surface area (Å²) in [6, 6.07) is 0. The van der Waals surface area contributed by atoms with Crippen molar-refractivity contribution in [1.82, 2.24) is 0 Å². The minimum atomic E-state index is 0.0124. The van der Waals surface area contributed by atoms with E-state index in [0.717, 1.165) is 6.42 Å². The van der Waals surface area contributed by atoms with Crippen molar-refractivity contribution in [3.8, 4) is 0 Å². The van der Waals surface area contributed by atoms with Crippen molar-refractivity contribution in [1.29, 1.82) is 0 Å². The molecule has 0 rings (SSSR count). The van der Waals surface area contributed by atoms with E-state index in [1.54, 1.807) is 0 Å². The van der Waals surface area contributed by atoms with Gasteiger partial charge in [-0.1, -0.05) is 6.92 Å². The van der Waals surface area contributed by atoms with Gasteiger partial charge in [-0.15, -0.1) is 0 Å². The molecular weight excluding hydrogens is 120 g/mol. The summed E-state index contributed by atoms with van der Waals surface area (Å²) < 4.78 is 9.12. The highest BCUT2D eigenvalue weighted by molar-refractivity contribution is 5.37. The Bertz CT molecular complexity index is 72.7. The van der Waals surface area contributed by atoms with Gasteiger partial charge in [-0.05, 0) is 13.3 Å². The number of rotatable bonds is 5. The van der Waals surface area contributed by atoms with E-state index in [1.807, 2.05) is 13.8 Å². The third-order valence-electron chi connectivity index (χ3n) is 1.05. The fourth-order valence-corrected chi connectivity index (χ4v) is 0.292. The second-order valence-electron chi connectivity index (χ2n) is 1.73. The Hall–Kier alpha value is -0.570. The zero-order chi connectivity index (χ0) is 7.11. The summed E-state index contributed by atoms with van der Waals surface area (Å²) in [5, 5.41) is 0. The van der Waals surface area contributed by atoms with Crippen molar-refractivity contribution < 1.29 is 14.3 Å². The molecule has 0 amide bonds. The Kier molecular flexibility index (Phi) is 5.21. The molecule has 0 saturated heterocycles. The predicted molar refractivity (Wildman–Crippen MR) is 32.5 cm³/mol. The van der Waals surface area contributed by atoms with E-state index < -0.39 is 0 Å². The average Bonchev–Trinajstić information content (AvgIpc) is 1.89. The van der Waals surface area contributed by atoms with Crippen LogP contribution < -0.4 is 0 Å². The lowest BCUT2D eigenvalue weighted by Gasteiger charge is -2.07. The minimum Gasteiger partial charge on any atom is -0.430 e. The van der Waals surface area contributed by atoms with Gasteiger partial charge in [-0.2, -0.15) is 0 Å². The van der Waals surface area contributed by atoms with Crippen LogP contribution in [0.15, 0.2) is 0 Å². The van der Waals surface area contributed by atoms with Crippen LogP contribution in [-0.4, -0.2) is 19.4 Å². The van der Waals surface area contributed by atoms with Crippen molar-refractivity contribution in [3.63, 3.8) is 0 Å². The van der Waals surface area contributed by atoms with Crippen molar-refractivity contribution in [2.75, 3.05) is 6.79 Å². The maximum Gasteiger partial charge on any atom is 0.419 e. The summed E-state index contributed by atoms with van der Waals surface area (Å²) in [7, 11) is 0. The molecule has 0 heterocycles. The summed E-state index contributed by atoms with van der Waals surface area (Å²) in [5.74, 6) is 0. The van der Waals surface area contributed by atoms with E-state index in [0.29, 0.717) is 0 Å². The molecule has 0 aromatic heterocycles. The van der Waals surface area contributed by atoms with Gasteiger partial charge in [0.15, 0.2) is 6.79 Å². The summed E-state index contributed by atoms with van der Waals surface area (Å²) in [5.41, 5.74) is 0. The van der Waals surface area contributed by atoms with E-state index in [9.17, 15) is 4.79 Å². The third-order valence-corrected chi connectivity index (χ3v) is 1.05. The van der Waals surface area contributed by atoms with Crippen molar-refractivity contribution in [2.45, 2.75) is 26.4 Å². The Morgan fingerprint density at radius 3 is 2.78 bits per heavy atom. The molecule has 9 heavy (non-hydrogen) atoms. The maximum atomic E-state index is 9.45. The molecule has 1 unspecified atom stereocenters. The summed E-state index contributed by atoms with van der Waals surface area (Å²) in [6.45, 7) is 5.19. The molecule has 3 nitrogen and oxygen atoms in total. The van der Waals surface area contributed by atoms with E-state index >= 15 is 0 Å². The molecule has 0 bridgehead atoms. The van der Waals surface area contributed by atoms with Crippen LogP contribution in [0.5, 0.6) is 0 Å². The highest BCUT2D eigenvalue weighted by atomic mass is 16.7. The molecule has 0 saturated carbocycles. The highest BCUT2D eigenvalue weighted by Crippen LogP contribution is 1.93. The van der Waals surface area contributed by atoms with Crippen LogP contribution in [0, 0.1) is 0 Å². The van der Waals surface area contributed by atoms with Crippen LogP contribution in [0.25, 0.3) is 0 Å². The first-order valence-electron chi connectivity index (χ1n) is 2.91. The third kappa shape index (κ3) is 5.30. The van der Waals surface area contributed by atoms with Crippen LogP contribution >= 0.6 is 0 Å².